The predicted molar refractivity (Wildman–Crippen MR) is 441 cm³/mol. The largest absolute Gasteiger partial charge is 0.459 e. The minimum Gasteiger partial charge on any atom is -0.459 e. The summed E-state index contributed by atoms with van der Waals surface area (Å²) in [6, 6.07) is 0. The van der Waals surface area contributed by atoms with Gasteiger partial charge in [0.2, 0.25) is 0 Å². The summed E-state index contributed by atoms with van der Waals surface area (Å²) in [4.78, 5) is 28.5. The molecule has 7 aliphatic heterocycles. The second-order valence-electron chi connectivity index (χ2n) is 35.0. The van der Waals surface area contributed by atoms with Gasteiger partial charge >= 0.3 is 11.9 Å². The molecular weight excluding hydrogens is 1530 g/mol. The number of fused-ring (bicyclic) bond motifs is 4. The number of cyclic esters (lactones) is 2. The van der Waals surface area contributed by atoms with E-state index in [2.05, 4.69) is 0 Å². The molecule has 28 heteroatoms. The number of ether oxygens (including phenoxy) is 18. The molecule has 8 N–H and O–H groups in total. The molecule has 28 nitrogen and oxygen atoms in total. The summed E-state index contributed by atoms with van der Waals surface area (Å²) in [5.41, 5.74) is 1.32. The molecule has 0 aliphatic carbocycles. The molecule has 4 saturated heterocycles. The van der Waals surface area contributed by atoms with Gasteiger partial charge in [-0.05, 0) is 129 Å². The molecular formula is C90H152O28. The fraction of sp³-hybridized carbons (Fsp3) is 0.844. The van der Waals surface area contributed by atoms with Gasteiger partial charge in [0.1, 0.15) is 48.8 Å². The van der Waals surface area contributed by atoms with Crippen LogP contribution in [0.1, 0.15) is 198 Å². The third-order valence-corrected chi connectivity index (χ3v) is 25.8. The summed E-state index contributed by atoms with van der Waals surface area (Å²) in [5, 5.41) is 95.8. The van der Waals surface area contributed by atoms with Crippen molar-refractivity contribution in [2.75, 3.05) is 70.1 Å². The Hall–Kier alpha value is -3.58. The third-order valence-electron chi connectivity index (χ3n) is 25.8. The minimum atomic E-state index is -1.23. The molecule has 118 heavy (non-hydrogen) atoms. The zero-order valence-electron chi connectivity index (χ0n) is 73.9. The maximum absolute atomic E-state index is 14.2. The standard InChI is InChI=1S/C90H152O28/c1-51-25-31-69(115-89-85(99)87(107-17)79(105-15)49-109-89)43-63-21-19-23-65(113-63)47-75(103-13)58(8)74(94)40-62(92)42-78(60(10)84(98)54(4)30-34-68-46-72(102-12)38-56(6)112-68)118-82(96)36-28-52(2)26-32-70(116-90-86(100)88(108-18)80(106-16)50-110-90)44-64-22-20-24-66(114-64)48-76(104-14)57(7)73(93)39-61(91)41-77(117-81(95)35-27-51)59(9)83(97)53(3)29-33-67-45-71(101-11)37-55(5)111-67/h19-22,25-28,35-36,53-80,83-94,97-100H,23-24,29-34,37-50H2,1-18H3. The van der Waals surface area contributed by atoms with Crippen LogP contribution in [0.4, 0.5) is 0 Å². The van der Waals surface area contributed by atoms with Crippen molar-refractivity contribution in [1.29, 1.82) is 0 Å². The van der Waals surface area contributed by atoms with E-state index in [1.54, 1.807) is 54.4 Å². The number of hydrogen-bond acceptors (Lipinski definition) is 28. The Morgan fingerprint density at radius 1 is 0.424 bits per heavy atom. The second-order valence-corrected chi connectivity index (χ2v) is 35.0. The first-order chi connectivity index (χ1) is 56.3. The molecule has 0 saturated carbocycles. The van der Waals surface area contributed by atoms with Gasteiger partial charge in [-0.3, -0.25) is 0 Å². The van der Waals surface area contributed by atoms with Gasteiger partial charge in [0.25, 0.3) is 0 Å². The normalized spacial score (nSPS) is 40.1. The van der Waals surface area contributed by atoms with E-state index >= 15 is 0 Å². The Labute approximate surface area is 703 Å². The van der Waals surface area contributed by atoms with E-state index in [1.807, 2.05) is 91.8 Å². The topological polar surface area (TPSA) is 362 Å². The third kappa shape index (κ3) is 32.1. The smallest absolute Gasteiger partial charge is 0.331 e. The molecule has 0 amide bonds. The predicted octanol–water partition coefficient (Wildman–Crippen LogP) is 9.16. The van der Waals surface area contributed by atoms with E-state index < -0.39 is 182 Å². The van der Waals surface area contributed by atoms with E-state index in [1.165, 1.54) is 40.6 Å². The van der Waals surface area contributed by atoms with Crippen molar-refractivity contribution < 1.29 is 136 Å². The van der Waals surface area contributed by atoms with Gasteiger partial charge < -0.3 is 126 Å². The molecule has 0 aromatic rings. The van der Waals surface area contributed by atoms with Gasteiger partial charge in [-0.1, -0.05) is 101 Å². The van der Waals surface area contributed by atoms with Crippen LogP contribution in [0.2, 0.25) is 0 Å². The average molecular weight is 1680 g/mol. The van der Waals surface area contributed by atoms with Crippen molar-refractivity contribution in [1.82, 2.24) is 0 Å². The SMILES string of the molecule is COC1CC(C)OC(CCC(C)C(O)C(C)C2CC(O)CC(O)C(C)C(OC)CC3CC=CC(CC(OC4OCC(OC)C(OC)C4O)CC=C(C)C=CC(=O)OC(C(C)C(O)C(C)CCC4CC(OC)CC(C)O4)CC(O)CC(O)C(C)C(OC)CC4CC=CC(CC(OC5OCC(OC)C(OC)C5O)CC=C(C)C=CC(=O)O2)O4)O3)C1. The first-order valence-corrected chi connectivity index (χ1v) is 43.6. The Kier molecular flexibility index (Phi) is 44.5. The van der Waals surface area contributed by atoms with E-state index in [-0.39, 0.29) is 113 Å². The second kappa shape index (κ2) is 51.8. The monoisotopic (exact) mass is 1680 g/mol. The lowest BCUT2D eigenvalue weighted by Gasteiger charge is -2.40. The van der Waals surface area contributed by atoms with Crippen molar-refractivity contribution >= 4 is 11.9 Å². The molecule has 0 radical (unpaired) electrons. The molecule has 0 aromatic carbocycles. The van der Waals surface area contributed by atoms with Gasteiger partial charge in [0.15, 0.2) is 12.6 Å². The molecule has 4 fully saturated rings. The van der Waals surface area contributed by atoms with Crippen molar-refractivity contribution in [3.8, 4) is 0 Å². The summed E-state index contributed by atoms with van der Waals surface area (Å²) < 4.78 is 110. The van der Waals surface area contributed by atoms with Gasteiger partial charge in [-0.15, -0.1) is 0 Å². The molecule has 7 rings (SSSR count). The number of hydrogen-bond donors (Lipinski definition) is 8. The molecule has 7 heterocycles. The summed E-state index contributed by atoms with van der Waals surface area (Å²) >= 11 is 0. The van der Waals surface area contributed by atoms with Crippen LogP contribution in [-0.4, -0.2) is 306 Å². The van der Waals surface area contributed by atoms with Gasteiger partial charge in [0.05, 0.1) is 135 Å². The van der Waals surface area contributed by atoms with E-state index in [4.69, 9.17) is 85.3 Å². The number of methoxy groups -OCH3 is 8. The highest BCUT2D eigenvalue weighted by molar-refractivity contribution is 5.83. The molecule has 36 atom stereocenters. The number of carbonyl (C=O) groups is 2. The molecule has 0 aromatic heterocycles. The van der Waals surface area contributed by atoms with Crippen molar-refractivity contribution in [3.63, 3.8) is 0 Å². The number of aliphatic hydroxyl groups is 8. The lowest BCUT2D eigenvalue weighted by molar-refractivity contribution is -0.290. The Bertz CT molecular complexity index is 2850. The summed E-state index contributed by atoms with van der Waals surface area (Å²) in [7, 11) is 12.5. The van der Waals surface area contributed by atoms with Crippen molar-refractivity contribution in [3.05, 3.63) is 71.9 Å². The lowest BCUT2D eigenvalue weighted by atomic mass is 9.83. The van der Waals surface area contributed by atoms with Crippen LogP contribution in [0.15, 0.2) is 71.9 Å². The van der Waals surface area contributed by atoms with E-state index in [0.29, 0.717) is 62.5 Å². The number of carbonyl (C=O) groups excluding carboxylic acids is 2. The maximum Gasteiger partial charge on any atom is 0.331 e. The van der Waals surface area contributed by atoms with Crippen LogP contribution < -0.4 is 0 Å². The lowest BCUT2D eigenvalue weighted by Crippen LogP contribution is -2.56. The van der Waals surface area contributed by atoms with E-state index in [9.17, 15) is 50.4 Å². The molecule has 36 unspecified atom stereocenters. The van der Waals surface area contributed by atoms with Crippen LogP contribution in [0.5, 0.6) is 0 Å². The number of rotatable bonds is 24. The highest BCUT2D eigenvalue weighted by atomic mass is 16.7. The molecule has 4 bridgehead atoms. The Balaban J connectivity index is 1.18. The quantitative estimate of drug-likeness (QED) is 0.0329. The zero-order chi connectivity index (χ0) is 86.4. The van der Waals surface area contributed by atoms with Crippen LogP contribution in [0.25, 0.3) is 0 Å². The number of aliphatic hydroxyl groups excluding tert-OH is 8. The van der Waals surface area contributed by atoms with Crippen LogP contribution in [-0.2, 0) is 94.9 Å². The van der Waals surface area contributed by atoms with Gasteiger partial charge in [-0.2, -0.15) is 0 Å². The number of allylic oxidation sites excluding steroid dienone is 4. The summed E-state index contributed by atoms with van der Waals surface area (Å²) in [5.74, 6) is -4.40. The van der Waals surface area contributed by atoms with E-state index in [0.717, 1.165) is 25.7 Å². The first kappa shape index (κ1) is 102. The van der Waals surface area contributed by atoms with Crippen molar-refractivity contribution in [2.24, 2.45) is 35.5 Å². The fourth-order valence-corrected chi connectivity index (χ4v) is 18.0. The summed E-state index contributed by atoms with van der Waals surface area (Å²) in [6.07, 6.45) is 5.51. The Morgan fingerprint density at radius 3 is 1.14 bits per heavy atom. The zero-order valence-corrected chi connectivity index (χ0v) is 73.9. The Morgan fingerprint density at radius 2 is 0.797 bits per heavy atom. The van der Waals surface area contributed by atoms with Gasteiger partial charge in [-0.25, -0.2) is 9.59 Å². The first-order valence-electron chi connectivity index (χ1n) is 43.6. The van der Waals surface area contributed by atoms with Crippen LogP contribution in [0.3, 0.4) is 0 Å². The minimum absolute atomic E-state index is 0.0206. The van der Waals surface area contributed by atoms with Crippen LogP contribution in [0, 0.1) is 35.5 Å². The fourth-order valence-electron chi connectivity index (χ4n) is 18.0. The van der Waals surface area contributed by atoms with Crippen molar-refractivity contribution in [2.45, 2.75) is 381 Å². The van der Waals surface area contributed by atoms with Crippen LogP contribution >= 0.6 is 0 Å². The highest BCUT2D eigenvalue weighted by Gasteiger charge is 2.46. The number of esters is 2. The maximum atomic E-state index is 14.2. The molecule has 7 aliphatic rings. The summed E-state index contributed by atoms with van der Waals surface area (Å²) in [6.45, 7) is 19.1. The average Bonchev–Trinajstić information content (AvgIpc) is 0.826. The highest BCUT2D eigenvalue weighted by Crippen LogP contribution is 2.37. The molecule has 0 spiro atoms. The molecule has 680 valence electrons. The van der Waals surface area contributed by atoms with Gasteiger partial charge in [0, 0.05) is 131 Å².